The van der Waals surface area contributed by atoms with Crippen molar-refractivity contribution in [2.45, 2.75) is 101 Å². The third-order valence-corrected chi connectivity index (χ3v) is 4.99. The van der Waals surface area contributed by atoms with Gasteiger partial charge in [0, 0.05) is 18.7 Å². The van der Waals surface area contributed by atoms with Crippen molar-refractivity contribution in [3.63, 3.8) is 0 Å². The van der Waals surface area contributed by atoms with E-state index in [1.807, 2.05) is 46.8 Å². The van der Waals surface area contributed by atoms with Crippen LogP contribution >= 0.6 is 11.6 Å². The average molecular weight is 556 g/mol. The van der Waals surface area contributed by atoms with Gasteiger partial charge in [0.15, 0.2) is 5.58 Å². The van der Waals surface area contributed by atoms with Crippen molar-refractivity contribution in [2.75, 3.05) is 7.11 Å². The number of nitrogens with zero attached hydrogens (tertiary/aromatic N) is 3. The van der Waals surface area contributed by atoms with Crippen LogP contribution in [0.1, 0.15) is 91.6 Å². The van der Waals surface area contributed by atoms with Crippen molar-refractivity contribution in [1.82, 2.24) is 14.8 Å². The van der Waals surface area contributed by atoms with E-state index in [0.717, 1.165) is 36.4 Å². The van der Waals surface area contributed by atoms with Crippen molar-refractivity contribution in [3.8, 4) is 0 Å². The van der Waals surface area contributed by atoms with Gasteiger partial charge >= 0.3 is 11.7 Å². The van der Waals surface area contributed by atoms with Gasteiger partial charge in [0.25, 0.3) is 0 Å². The summed E-state index contributed by atoms with van der Waals surface area (Å²) < 4.78 is 6.30. The lowest BCUT2D eigenvalue weighted by molar-refractivity contribution is -0.137. The van der Waals surface area contributed by atoms with Crippen LogP contribution in [0.3, 0.4) is 0 Å². The van der Waals surface area contributed by atoms with E-state index in [4.69, 9.17) is 26.2 Å². The van der Waals surface area contributed by atoms with Crippen LogP contribution in [0, 0.1) is 19.8 Å². The molecule has 0 unspecified atom stereocenters. The molecule has 2 heterocycles. The van der Waals surface area contributed by atoms with Crippen molar-refractivity contribution < 1.29 is 19.4 Å². The number of aromatic nitrogens is 3. The first-order valence-electron chi connectivity index (χ1n) is 13.3. The number of carboxylic acids is 1. The molecule has 8 nitrogen and oxygen atoms in total. The van der Waals surface area contributed by atoms with E-state index in [0.29, 0.717) is 16.1 Å². The van der Waals surface area contributed by atoms with Crippen LogP contribution in [-0.2, 0) is 17.8 Å². The van der Waals surface area contributed by atoms with Gasteiger partial charge < -0.3 is 14.6 Å². The first-order valence-corrected chi connectivity index (χ1v) is 13.7. The Hall–Kier alpha value is -2.71. The number of aliphatic hydroxyl groups excluding tert-OH is 1. The second-order valence-electron chi connectivity index (χ2n) is 7.93. The smallest absolute Gasteiger partial charge is 0.419 e. The Balaban J connectivity index is -0.000000492. The molecule has 0 saturated carbocycles. The molecule has 9 heteroatoms. The van der Waals surface area contributed by atoms with E-state index < -0.39 is 11.7 Å². The highest BCUT2D eigenvalue weighted by Gasteiger charge is 2.12. The number of halogens is 1. The Morgan fingerprint density at radius 2 is 1.63 bits per heavy atom. The topological polar surface area (TPSA) is 118 Å². The fourth-order valence-electron chi connectivity index (χ4n) is 2.80. The van der Waals surface area contributed by atoms with Gasteiger partial charge in [0.1, 0.15) is 0 Å². The van der Waals surface area contributed by atoms with Gasteiger partial charge in [-0.3, -0.25) is 9.36 Å². The minimum Gasteiger partial charge on any atom is -0.481 e. The molecule has 38 heavy (non-hydrogen) atoms. The summed E-state index contributed by atoms with van der Waals surface area (Å²) in [7, 11) is 1.00. The zero-order chi connectivity index (χ0) is 30.3. The highest BCUT2D eigenvalue weighted by atomic mass is 35.5. The molecular formula is C29H50ClN3O5. The number of oxazole rings is 1. The number of fused-ring (bicyclic) bond motifs is 1. The van der Waals surface area contributed by atoms with Crippen LogP contribution in [0.15, 0.2) is 33.5 Å². The maximum atomic E-state index is 11.5. The zero-order valence-corrected chi connectivity index (χ0v) is 26.0. The average Bonchev–Trinajstić information content (AvgIpc) is 3.21. The van der Waals surface area contributed by atoms with E-state index in [2.05, 4.69) is 37.9 Å². The van der Waals surface area contributed by atoms with E-state index in [1.54, 1.807) is 19.1 Å². The number of aliphatic carboxylic acids is 1. The van der Waals surface area contributed by atoms with Crippen LogP contribution in [0.25, 0.3) is 11.1 Å². The van der Waals surface area contributed by atoms with Crippen molar-refractivity contribution in [1.29, 1.82) is 0 Å². The zero-order valence-electron chi connectivity index (χ0n) is 25.3. The molecular weight excluding hydrogens is 506 g/mol. The highest BCUT2D eigenvalue weighted by Crippen LogP contribution is 2.22. The van der Waals surface area contributed by atoms with Crippen LogP contribution in [0.4, 0.5) is 0 Å². The summed E-state index contributed by atoms with van der Waals surface area (Å²) in [6.07, 6.45) is 3.53. The van der Waals surface area contributed by atoms with Crippen LogP contribution in [0.2, 0.25) is 5.02 Å². The molecule has 2 aromatic heterocycles. The molecule has 2 N–H and O–H groups in total. The number of carbonyl (C=O) groups is 1. The predicted octanol–water partition coefficient (Wildman–Crippen LogP) is 7.48. The van der Waals surface area contributed by atoms with E-state index in [-0.39, 0.29) is 13.0 Å². The summed E-state index contributed by atoms with van der Waals surface area (Å²) in [5, 5.41) is 24.0. The molecule has 0 fully saturated rings. The highest BCUT2D eigenvalue weighted by molar-refractivity contribution is 6.32. The van der Waals surface area contributed by atoms with Gasteiger partial charge in [0.2, 0.25) is 0 Å². The normalized spacial score (nSPS) is 9.21. The van der Waals surface area contributed by atoms with Crippen LogP contribution in [0.5, 0.6) is 0 Å². The first kappa shape index (κ1) is 39.8. The lowest BCUT2D eigenvalue weighted by atomic mass is 10.1. The third kappa shape index (κ3) is 16.9. The second-order valence-corrected chi connectivity index (χ2v) is 8.34. The summed E-state index contributed by atoms with van der Waals surface area (Å²) in [5.74, 6) is -0.637. The van der Waals surface area contributed by atoms with Gasteiger partial charge in [-0.2, -0.15) is 10.2 Å². The summed E-state index contributed by atoms with van der Waals surface area (Å²) in [5.41, 5.74) is 3.78. The minimum absolute atomic E-state index is 0.0700. The number of aliphatic hydroxyl groups is 1. The molecule has 1 aromatic carbocycles. The van der Waals surface area contributed by atoms with E-state index in [1.165, 1.54) is 17.4 Å². The lowest BCUT2D eigenvalue weighted by Crippen LogP contribution is -2.16. The first-order chi connectivity index (χ1) is 18.1. The second kappa shape index (κ2) is 24.6. The van der Waals surface area contributed by atoms with E-state index in [9.17, 15) is 9.59 Å². The Labute approximate surface area is 234 Å². The molecule has 0 radical (unpaired) electrons. The Bertz CT molecular complexity index is 1040. The summed E-state index contributed by atoms with van der Waals surface area (Å²) in [6, 6.07) is 7.25. The molecule has 0 aliphatic heterocycles. The molecule has 0 aliphatic rings. The summed E-state index contributed by atoms with van der Waals surface area (Å²) in [4.78, 5) is 22.0. The Morgan fingerprint density at radius 1 is 1.05 bits per heavy atom. The number of aryl methyl sites for hydroxylation is 4. The molecule has 0 atom stereocenters. The molecule has 0 saturated heterocycles. The molecule has 0 amide bonds. The Morgan fingerprint density at radius 3 is 2.03 bits per heavy atom. The van der Waals surface area contributed by atoms with Crippen molar-refractivity contribution in [2.24, 2.45) is 5.92 Å². The fourth-order valence-corrected chi connectivity index (χ4v) is 2.95. The SMILES string of the molecule is CC.CC.CCCC(C)C.CCc1ccc(C)nn1.CO.Cc1cc2oc(=O)n(CCC(=O)O)c2cc1Cl. The van der Waals surface area contributed by atoms with E-state index >= 15 is 0 Å². The maximum absolute atomic E-state index is 11.5. The summed E-state index contributed by atoms with van der Waals surface area (Å²) in [6.45, 7) is 20.6. The number of hydrogen-bond donors (Lipinski definition) is 2. The van der Waals surface area contributed by atoms with Crippen molar-refractivity contribution in [3.05, 3.63) is 56.8 Å². The minimum atomic E-state index is -0.968. The number of benzene rings is 1. The Kier molecular flexibility index (Phi) is 25.8. The standard InChI is InChI=1S/C11H10ClNO4.C7H10N2.C6H14.2C2H6.CH4O/c1-6-4-9-8(5-7(6)12)13(11(16)17-9)3-2-10(14)15;1-3-7-5-4-6(2)8-9-7;1-4-5-6(2)3;3*1-2/h4-5H,2-3H2,1H3,(H,14,15);4-5H,3H2,1-2H3;6H,4-5H2,1-3H3;2*1-2H3;2H,1H3. The van der Waals surface area contributed by atoms with Gasteiger partial charge in [-0.05, 0) is 56.0 Å². The van der Waals surface area contributed by atoms with Crippen LogP contribution < -0.4 is 5.76 Å². The van der Waals surface area contributed by atoms with Gasteiger partial charge in [-0.15, -0.1) is 0 Å². The quantitative estimate of drug-likeness (QED) is 0.323. The predicted molar refractivity (Wildman–Crippen MR) is 159 cm³/mol. The van der Waals surface area contributed by atoms with Gasteiger partial charge in [0.05, 0.1) is 23.3 Å². The molecule has 0 aliphatic carbocycles. The molecule has 218 valence electrons. The lowest BCUT2D eigenvalue weighted by Gasteiger charge is -2.01. The monoisotopic (exact) mass is 555 g/mol. The third-order valence-electron chi connectivity index (χ3n) is 4.58. The van der Waals surface area contributed by atoms with Gasteiger partial charge in [-0.1, -0.05) is 79.8 Å². The number of carboxylic acid groups (broad SMARTS) is 1. The molecule has 3 aromatic rings. The van der Waals surface area contributed by atoms with Crippen LogP contribution in [-0.4, -0.2) is 38.1 Å². The molecule has 0 spiro atoms. The summed E-state index contributed by atoms with van der Waals surface area (Å²) >= 11 is 5.96. The fraction of sp³-hybridized carbons (Fsp3) is 0.586. The largest absolute Gasteiger partial charge is 0.481 e. The molecule has 3 rings (SSSR count). The molecule has 0 bridgehead atoms. The maximum Gasteiger partial charge on any atom is 0.419 e. The number of hydrogen-bond acceptors (Lipinski definition) is 6. The van der Waals surface area contributed by atoms with Gasteiger partial charge in [-0.25, -0.2) is 4.79 Å². The van der Waals surface area contributed by atoms with Crippen molar-refractivity contribution >= 4 is 28.7 Å². The number of rotatable bonds is 6.